The Balaban J connectivity index is 1.72. The Labute approximate surface area is 158 Å². The highest BCUT2D eigenvalue weighted by atomic mass is 16.5. The highest BCUT2D eigenvalue weighted by Crippen LogP contribution is 2.31. The molecule has 2 N–H and O–H groups in total. The van der Waals surface area contributed by atoms with Gasteiger partial charge >= 0.3 is 0 Å². The minimum Gasteiger partial charge on any atom is -0.497 e. The molecule has 3 aromatic rings. The zero-order valence-electron chi connectivity index (χ0n) is 15.4. The summed E-state index contributed by atoms with van der Waals surface area (Å²) < 4.78 is 10.6. The molecule has 0 radical (unpaired) electrons. The molecular formula is C21H21N3O3. The summed E-state index contributed by atoms with van der Waals surface area (Å²) in [4.78, 5) is 16.6. The zero-order valence-corrected chi connectivity index (χ0v) is 15.4. The number of benzene rings is 2. The van der Waals surface area contributed by atoms with E-state index in [2.05, 4.69) is 15.6 Å². The fourth-order valence-corrected chi connectivity index (χ4v) is 2.56. The molecule has 0 aliphatic carbocycles. The van der Waals surface area contributed by atoms with Gasteiger partial charge in [-0.25, -0.2) is 4.98 Å². The Kier molecular flexibility index (Phi) is 5.56. The molecule has 0 spiro atoms. The largest absolute Gasteiger partial charge is 0.497 e. The van der Waals surface area contributed by atoms with Crippen LogP contribution in [0, 0.1) is 6.92 Å². The monoisotopic (exact) mass is 363 g/mol. The van der Waals surface area contributed by atoms with Crippen LogP contribution in [0.1, 0.15) is 16.1 Å². The number of anilines is 3. The highest BCUT2D eigenvalue weighted by molar-refractivity contribution is 6.03. The van der Waals surface area contributed by atoms with Gasteiger partial charge in [-0.2, -0.15) is 0 Å². The minimum atomic E-state index is -0.252. The van der Waals surface area contributed by atoms with Gasteiger partial charge in [-0.15, -0.1) is 0 Å². The van der Waals surface area contributed by atoms with E-state index in [9.17, 15) is 4.79 Å². The first-order valence-electron chi connectivity index (χ1n) is 8.43. The average Bonchev–Trinajstić information content (AvgIpc) is 2.70. The van der Waals surface area contributed by atoms with Crippen molar-refractivity contribution >= 4 is 23.0 Å². The maximum absolute atomic E-state index is 12.4. The smallest absolute Gasteiger partial charge is 0.274 e. The maximum Gasteiger partial charge on any atom is 0.274 e. The molecule has 27 heavy (non-hydrogen) atoms. The molecule has 0 atom stereocenters. The van der Waals surface area contributed by atoms with Crippen molar-refractivity contribution in [1.82, 2.24) is 4.98 Å². The van der Waals surface area contributed by atoms with E-state index in [1.54, 1.807) is 38.6 Å². The number of pyridine rings is 1. The third-order valence-electron chi connectivity index (χ3n) is 4.08. The summed E-state index contributed by atoms with van der Waals surface area (Å²) >= 11 is 0. The lowest BCUT2D eigenvalue weighted by atomic mass is 10.2. The third-order valence-corrected chi connectivity index (χ3v) is 4.08. The Morgan fingerprint density at radius 1 is 0.963 bits per heavy atom. The third kappa shape index (κ3) is 4.36. The molecule has 0 fully saturated rings. The second kappa shape index (κ2) is 8.23. The molecule has 0 saturated carbocycles. The number of rotatable bonds is 6. The molecule has 0 aliphatic heterocycles. The number of carbonyl (C=O) groups excluding carboxylic acids is 1. The first-order chi connectivity index (χ1) is 13.1. The van der Waals surface area contributed by atoms with Crippen LogP contribution < -0.4 is 20.1 Å². The average molecular weight is 363 g/mol. The fourth-order valence-electron chi connectivity index (χ4n) is 2.56. The number of carbonyl (C=O) groups is 1. The van der Waals surface area contributed by atoms with Crippen LogP contribution in [0.25, 0.3) is 0 Å². The van der Waals surface area contributed by atoms with Gasteiger partial charge in [0.05, 0.1) is 31.8 Å². The van der Waals surface area contributed by atoms with Crippen LogP contribution in [0.2, 0.25) is 0 Å². The lowest BCUT2D eigenvalue weighted by molar-refractivity contribution is 0.102. The Morgan fingerprint density at radius 2 is 1.78 bits per heavy atom. The van der Waals surface area contributed by atoms with Crippen molar-refractivity contribution in [1.29, 1.82) is 0 Å². The summed E-state index contributed by atoms with van der Waals surface area (Å²) in [6, 6.07) is 16.6. The molecule has 2 aromatic carbocycles. The fraction of sp³-hybridized carbons (Fsp3) is 0.143. The topological polar surface area (TPSA) is 72.5 Å². The Morgan fingerprint density at radius 3 is 2.44 bits per heavy atom. The lowest BCUT2D eigenvalue weighted by Crippen LogP contribution is -2.14. The number of aryl methyl sites for hydroxylation is 1. The normalized spacial score (nSPS) is 10.2. The standard InChI is InChI=1S/C21H21N3O3/c1-14-6-4-5-7-17(14)24-21(25)19-10-8-15(13-22-19)23-18-11-9-16(26-2)12-20(18)27-3/h4-13,23H,1-3H3,(H,24,25). The van der Waals surface area contributed by atoms with Gasteiger partial charge in [-0.1, -0.05) is 18.2 Å². The SMILES string of the molecule is COc1ccc(Nc2ccc(C(=O)Nc3ccccc3C)nc2)c(OC)c1. The van der Waals surface area contributed by atoms with E-state index >= 15 is 0 Å². The van der Waals surface area contributed by atoms with Gasteiger partial charge < -0.3 is 20.1 Å². The van der Waals surface area contributed by atoms with E-state index in [0.29, 0.717) is 17.2 Å². The van der Waals surface area contributed by atoms with E-state index in [0.717, 1.165) is 22.6 Å². The first kappa shape index (κ1) is 18.3. The molecule has 0 saturated heterocycles. The van der Waals surface area contributed by atoms with Crippen molar-refractivity contribution in [2.45, 2.75) is 6.92 Å². The van der Waals surface area contributed by atoms with Gasteiger partial charge in [0.2, 0.25) is 0 Å². The van der Waals surface area contributed by atoms with Crippen LogP contribution in [0.15, 0.2) is 60.8 Å². The quantitative estimate of drug-likeness (QED) is 0.679. The molecule has 0 bridgehead atoms. The van der Waals surface area contributed by atoms with Crippen molar-refractivity contribution in [3.05, 3.63) is 72.1 Å². The molecule has 0 aliphatic rings. The second-order valence-corrected chi connectivity index (χ2v) is 5.89. The zero-order chi connectivity index (χ0) is 19.2. The summed E-state index contributed by atoms with van der Waals surface area (Å²) in [6.45, 7) is 1.94. The summed E-state index contributed by atoms with van der Waals surface area (Å²) in [7, 11) is 3.20. The number of nitrogens with zero attached hydrogens (tertiary/aromatic N) is 1. The van der Waals surface area contributed by atoms with Crippen LogP contribution >= 0.6 is 0 Å². The lowest BCUT2D eigenvalue weighted by Gasteiger charge is -2.13. The van der Waals surface area contributed by atoms with Crippen molar-refractivity contribution in [2.24, 2.45) is 0 Å². The van der Waals surface area contributed by atoms with Gasteiger partial charge in [-0.3, -0.25) is 4.79 Å². The van der Waals surface area contributed by atoms with E-state index in [1.807, 2.05) is 43.3 Å². The van der Waals surface area contributed by atoms with Gasteiger partial charge in [-0.05, 0) is 42.8 Å². The van der Waals surface area contributed by atoms with Crippen LogP contribution in [0.3, 0.4) is 0 Å². The van der Waals surface area contributed by atoms with Crippen LogP contribution in [0.4, 0.5) is 17.1 Å². The predicted octanol–water partition coefficient (Wildman–Crippen LogP) is 4.40. The highest BCUT2D eigenvalue weighted by Gasteiger charge is 2.10. The number of para-hydroxylation sites is 1. The van der Waals surface area contributed by atoms with Crippen LogP contribution in [-0.4, -0.2) is 25.1 Å². The molecule has 6 nitrogen and oxygen atoms in total. The molecular weight excluding hydrogens is 342 g/mol. The van der Waals surface area contributed by atoms with E-state index < -0.39 is 0 Å². The number of hydrogen-bond acceptors (Lipinski definition) is 5. The second-order valence-electron chi connectivity index (χ2n) is 5.89. The van der Waals surface area contributed by atoms with E-state index in [4.69, 9.17) is 9.47 Å². The summed E-state index contributed by atoms with van der Waals surface area (Å²) in [6.07, 6.45) is 1.61. The van der Waals surface area contributed by atoms with Crippen molar-refractivity contribution in [2.75, 3.05) is 24.9 Å². The first-order valence-corrected chi connectivity index (χ1v) is 8.43. The summed E-state index contributed by atoms with van der Waals surface area (Å²) in [5.41, 5.74) is 3.62. The molecule has 1 heterocycles. The molecule has 1 aromatic heterocycles. The van der Waals surface area contributed by atoms with Crippen molar-refractivity contribution in [3.63, 3.8) is 0 Å². The molecule has 0 unspecified atom stereocenters. The minimum absolute atomic E-state index is 0.252. The van der Waals surface area contributed by atoms with E-state index in [1.165, 1.54) is 0 Å². The summed E-state index contributed by atoms with van der Waals surface area (Å²) in [5, 5.41) is 6.10. The predicted molar refractivity (Wildman–Crippen MR) is 106 cm³/mol. The van der Waals surface area contributed by atoms with Gasteiger partial charge in [0.25, 0.3) is 5.91 Å². The van der Waals surface area contributed by atoms with Gasteiger partial charge in [0, 0.05) is 11.8 Å². The number of ether oxygens (including phenoxy) is 2. The molecule has 6 heteroatoms. The number of amides is 1. The Hall–Kier alpha value is -3.54. The van der Waals surface area contributed by atoms with Crippen LogP contribution in [0.5, 0.6) is 11.5 Å². The maximum atomic E-state index is 12.4. The molecule has 138 valence electrons. The number of aromatic nitrogens is 1. The molecule has 1 amide bonds. The van der Waals surface area contributed by atoms with E-state index in [-0.39, 0.29) is 5.91 Å². The Bertz CT molecular complexity index is 940. The van der Waals surface area contributed by atoms with Gasteiger partial charge in [0.15, 0.2) is 0 Å². The van der Waals surface area contributed by atoms with Crippen LogP contribution in [-0.2, 0) is 0 Å². The van der Waals surface area contributed by atoms with Crippen molar-refractivity contribution < 1.29 is 14.3 Å². The number of hydrogen-bond donors (Lipinski definition) is 2. The molecule has 3 rings (SSSR count). The number of nitrogens with one attached hydrogen (secondary N) is 2. The van der Waals surface area contributed by atoms with Crippen molar-refractivity contribution in [3.8, 4) is 11.5 Å². The number of methoxy groups -OCH3 is 2. The van der Waals surface area contributed by atoms with Gasteiger partial charge in [0.1, 0.15) is 17.2 Å². The summed E-state index contributed by atoms with van der Waals surface area (Å²) in [5.74, 6) is 1.10.